The van der Waals surface area contributed by atoms with Crippen molar-refractivity contribution in [1.82, 2.24) is 14.7 Å². The third-order valence-corrected chi connectivity index (χ3v) is 5.99. The van der Waals surface area contributed by atoms with Gasteiger partial charge in [-0.1, -0.05) is 12.1 Å². The van der Waals surface area contributed by atoms with E-state index in [1.807, 2.05) is 44.8 Å². The molecule has 0 unspecified atom stereocenters. The number of carbonyl (C=O) groups excluding carboxylic acids is 2. The van der Waals surface area contributed by atoms with Crippen LogP contribution in [0.15, 0.2) is 41.1 Å². The Labute approximate surface area is 169 Å². The first kappa shape index (κ1) is 19.1. The predicted octanol–water partition coefficient (Wildman–Crippen LogP) is 2.18. The fraction of sp³-hybridized carbons (Fsp3) is 0.429. The zero-order valence-electron chi connectivity index (χ0n) is 15.9. The maximum Gasteiger partial charge on any atom is 0.254 e. The molecule has 2 aromatic rings. The summed E-state index contributed by atoms with van der Waals surface area (Å²) < 4.78 is 5.40. The second-order valence-electron chi connectivity index (χ2n) is 7.19. The Morgan fingerprint density at radius 3 is 2.21 bits per heavy atom. The van der Waals surface area contributed by atoms with Crippen LogP contribution < -0.4 is 0 Å². The second kappa shape index (κ2) is 8.86. The maximum atomic E-state index is 12.9. The topological polar surface area (TPSA) is 53.1 Å². The Kier molecular flexibility index (Phi) is 6.04. The molecule has 0 N–H and O–H groups in total. The minimum Gasteiger partial charge on any atom is -0.379 e. The van der Waals surface area contributed by atoms with E-state index in [2.05, 4.69) is 11.0 Å². The number of morpholine rings is 1. The van der Waals surface area contributed by atoms with E-state index in [-0.39, 0.29) is 11.8 Å². The van der Waals surface area contributed by atoms with E-state index in [1.54, 1.807) is 0 Å². The summed E-state index contributed by atoms with van der Waals surface area (Å²) >= 11 is 1.53. The van der Waals surface area contributed by atoms with Gasteiger partial charge in [-0.05, 0) is 29.1 Å². The smallest absolute Gasteiger partial charge is 0.254 e. The van der Waals surface area contributed by atoms with Crippen LogP contribution in [0.5, 0.6) is 0 Å². The predicted molar refractivity (Wildman–Crippen MR) is 109 cm³/mol. The number of ether oxygens (including phenoxy) is 1. The van der Waals surface area contributed by atoms with Gasteiger partial charge >= 0.3 is 0 Å². The van der Waals surface area contributed by atoms with Crippen LogP contribution in [-0.4, -0.2) is 79.0 Å². The fourth-order valence-electron chi connectivity index (χ4n) is 3.68. The molecule has 0 radical (unpaired) electrons. The van der Waals surface area contributed by atoms with Crippen molar-refractivity contribution in [1.29, 1.82) is 0 Å². The summed E-state index contributed by atoms with van der Waals surface area (Å²) in [6.07, 6.45) is 0. The average molecular weight is 400 g/mol. The van der Waals surface area contributed by atoms with Crippen LogP contribution in [0.3, 0.4) is 0 Å². The van der Waals surface area contributed by atoms with Gasteiger partial charge in [-0.15, -0.1) is 0 Å². The highest BCUT2D eigenvalue weighted by molar-refractivity contribution is 7.08. The minimum absolute atomic E-state index is 0.0476. The Morgan fingerprint density at radius 1 is 0.893 bits per heavy atom. The largest absolute Gasteiger partial charge is 0.379 e. The number of rotatable bonds is 4. The van der Waals surface area contributed by atoms with Crippen molar-refractivity contribution in [3.63, 3.8) is 0 Å². The lowest BCUT2D eigenvalue weighted by molar-refractivity contribution is 0.0341. The Hall–Kier alpha value is -2.22. The third kappa shape index (κ3) is 4.43. The highest BCUT2D eigenvalue weighted by atomic mass is 32.1. The molecule has 0 spiro atoms. The molecule has 6 nitrogen and oxygen atoms in total. The number of carbonyl (C=O) groups is 2. The summed E-state index contributed by atoms with van der Waals surface area (Å²) in [5.41, 5.74) is 2.61. The SMILES string of the molecule is O=C(c1ccsc1)N1CCN(C(=O)c2cccc(CN3CCOCC3)c2)CC1. The molecule has 3 heterocycles. The summed E-state index contributed by atoms with van der Waals surface area (Å²) in [6.45, 7) is 6.54. The molecule has 2 aliphatic rings. The number of hydrogen-bond donors (Lipinski definition) is 0. The second-order valence-corrected chi connectivity index (χ2v) is 7.97. The molecule has 1 aromatic heterocycles. The molecule has 148 valence electrons. The number of nitrogens with zero attached hydrogens (tertiary/aromatic N) is 3. The number of benzene rings is 1. The van der Waals surface area contributed by atoms with Crippen molar-refractivity contribution >= 4 is 23.2 Å². The average Bonchev–Trinajstić information content (AvgIpc) is 3.29. The standard InChI is InChI=1S/C21H25N3O3S/c25-20(18-3-1-2-17(14-18)15-22-9-11-27-12-10-22)23-5-7-24(8-6-23)21(26)19-4-13-28-16-19/h1-4,13-14,16H,5-12,15H2. The van der Waals surface area contributed by atoms with Gasteiger partial charge in [0.1, 0.15) is 0 Å². The Balaban J connectivity index is 1.34. The summed E-state index contributed by atoms with van der Waals surface area (Å²) in [5.74, 6) is 0.104. The zero-order chi connectivity index (χ0) is 19.3. The van der Waals surface area contributed by atoms with Gasteiger partial charge in [0, 0.05) is 56.8 Å². The van der Waals surface area contributed by atoms with Gasteiger partial charge in [-0.3, -0.25) is 14.5 Å². The maximum absolute atomic E-state index is 12.9. The van der Waals surface area contributed by atoms with E-state index in [0.717, 1.165) is 49.5 Å². The van der Waals surface area contributed by atoms with Crippen LogP contribution in [0, 0.1) is 0 Å². The molecule has 4 rings (SSSR count). The lowest BCUT2D eigenvalue weighted by Gasteiger charge is -2.34. The molecule has 0 aliphatic carbocycles. The summed E-state index contributed by atoms with van der Waals surface area (Å²) in [7, 11) is 0. The van der Waals surface area contributed by atoms with E-state index >= 15 is 0 Å². The molecule has 0 atom stereocenters. The van der Waals surface area contributed by atoms with Crippen molar-refractivity contribution in [2.75, 3.05) is 52.5 Å². The van der Waals surface area contributed by atoms with Crippen LogP contribution in [0.4, 0.5) is 0 Å². The first-order valence-corrected chi connectivity index (χ1v) is 10.6. The lowest BCUT2D eigenvalue weighted by atomic mass is 10.1. The van der Waals surface area contributed by atoms with Crippen LogP contribution in [0.25, 0.3) is 0 Å². The third-order valence-electron chi connectivity index (χ3n) is 5.31. The first-order valence-electron chi connectivity index (χ1n) is 9.70. The van der Waals surface area contributed by atoms with Crippen molar-refractivity contribution in [2.24, 2.45) is 0 Å². The van der Waals surface area contributed by atoms with Crippen LogP contribution in [0.1, 0.15) is 26.3 Å². The molecule has 2 aliphatic heterocycles. The highest BCUT2D eigenvalue weighted by Gasteiger charge is 2.25. The van der Waals surface area contributed by atoms with Crippen molar-refractivity contribution in [2.45, 2.75) is 6.54 Å². The zero-order valence-corrected chi connectivity index (χ0v) is 16.7. The van der Waals surface area contributed by atoms with Gasteiger partial charge in [0.05, 0.1) is 18.8 Å². The van der Waals surface area contributed by atoms with Crippen LogP contribution in [0.2, 0.25) is 0 Å². The number of amides is 2. The Morgan fingerprint density at radius 2 is 1.57 bits per heavy atom. The van der Waals surface area contributed by atoms with Gasteiger partial charge < -0.3 is 14.5 Å². The first-order chi connectivity index (χ1) is 13.7. The van der Waals surface area contributed by atoms with Crippen molar-refractivity contribution in [3.8, 4) is 0 Å². The van der Waals surface area contributed by atoms with Gasteiger partial charge in [-0.2, -0.15) is 11.3 Å². The Bertz CT molecular complexity index is 810. The molecule has 0 saturated carbocycles. The molecule has 2 amide bonds. The molecule has 0 bridgehead atoms. The van der Waals surface area contributed by atoms with Gasteiger partial charge in [0.15, 0.2) is 0 Å². The minimum atomic E-state index is 0.0476. The summed E-state index contributed by atoms with van der Waals surface area (Å²) in [6, 6.07) is 9.77. The fourth-order valence-corrected chi connectivity index (χ4v) is 4.31. The molecule has 2 saturated heterocycles. The number of piperazine rings is 1. The number of thiophene rings is 1. The van der Waals surface area contributed by atoms with E-state index in [4.69, 9.17) is 4.74 Å². The van der Waals surface area contributed by atoms with E-state index < -0.39 is 0 Å². The molecular formula is C21H25N3O3S. The van der Waals surface area contributed by atoms with Crippen LogP contribution >= 0.6 is 11.3 Å². The van der Waals surface area contributed by atoms with Crippen molar-refractivity contribution < 1.29 is 14.3 Å². The molecular weight excluding hydrogens is 374 g/mol. The normalized spacial score (nSPS) is 18.3. The van der Waals surface area contributed by atoms with E-state index in [1.165, 1.54) is 11.3 Å². The number of hydrogen-bond acceptors (Lipinski definition) is 5. The molecule has 1 aromatic carbocycles. The van der Waals surface area contributed by atoms with Crippen molar-refractivity contribution in [3.05, 3.63) is 57.8 Å². The van der Waals surface area contributed by atoms with E-state index in [0.29, 0.717) is 26.2 Å². The molecule has 2 fully saturated rings. The monoisotopic (exact) mass is 399 g/mol. The van der Waals surface area contributed by atoms with Crippen LogP contribution in [-0.2, 0) is 11.3 Å². The highest BCUT2D eigenvalue weighted by Crippen LogP contribution is 2.15. The van der Waals surface area contributed by atoms with Gasteiger partial charge in [0.2, 0.25) is 0 Å². The van der Waals surface area contributed by atoms with Gasteiger partial charge in [0.25, 0.3) is 11.8 Å². The quantitative estimate of drug-likeness (QED) is 0.791. The summed E-state index contributed by atoms with van der Waals surface area (Å²) in [5, 5.41) is 3.79. The van der Waals surface area contributed by atoms with E-state index in [9.17, 15) is 9.59 Å². The van der Waals surface area contributed by atoms with Gasteiger partial charge in [-0.25, -0.2) is 0 Å². The molecule has 7 heteroatoms. The summed E-state index contributed by atoms with van der Waals surface area (Å²) in [4.78, 5) is 31.4. The lowest BCUT2D eigenvalue weighted by Crippen LogP contribution is -2.50. The molecule has 28 heavy (non-hydrogen) atoms.